The molecule has 0 saturated carbocycles. The van der Waals surface area contributed by atoms with Gasteiger partial charge in [-0.2, -0.15) is 0 Å². The fraction of sp³-hybridized carbons (Fsp3) is 0.0714. The van der Waals surface area contributed by atoms with Crippen LogP contribution in [0.5, 0.6) is 0 Å². The van der Waals surface area contributed by atoms with Crippen molar-refractivity contribution in [3.8, 4) is 0 Å². The zero-order valence-corrected chi connectivity index (χ0v) is 11.7. The molecule has 0 unspecified atom stereocenters. The van der Waals surface area contributed by atoms with Gasteiger partial charge in [0.1, 0.15) is 0 Å². The largest absolute Gasteiger partial charge is 0.399 e. The van der Waals surface area contributed by atoms with E-state index in [0.717, 1.165) is 10.6 Å². The van der Waals surface area contributed by atoms with Gasteiger partial charge in [-0.05, 0) is 42.5 Å². The first kappa shape index (κ1) is 13.8. The third-order valence-corrected chi connectivity index (χ3v) is 3.59. The van der Waals surface area contributed by atoms with E-state index in [1.54, 1.807) is 30.3 Å². The van der Waals surface area contributed by atoms with Gasteiger partial charge >= 0.3 is 0 Å². The Labute approximate surface area is 121 Å². The van der Waals surface area contributed by atoms with E-state index >= 15 is 0 Å². The number of halogens is 1. The van der Waals surface area contributed by atoms with E-state index in [0.29, 0.717) is 16.5 Å². The third-order valence-electron chi connectivity index (χ3n) is 2.36. The van der Waals surface area contributed by atoms with E-state index in [-0.39, 0.29) is 5.91 Å². The van der Waals surface area contributed by atoms with Gasteiger partial charge in [0.15, 0.2) is 0 Å². The lowest BCUT2D eigenvalue weighted by Gasteiger charge is -2.05. The second-order valence-electron chi connectivity index (χ2n) is 3.92. The number of carbonyl (C=O) groups is 1. The van der Waals surface area contributed by atoms with E-state index in [1.807, 2.05) is 18.2 Å². The zero-order valence-electron chi connectivity index (χ0n) is 10.1. The molecule has 2 aromatic carbocycles. The third kappa shape index (κ3) is 4.50. The number of nitrogen functional groups attached to an aromatic ring is 1. The Morgan fingerprint density at radius 3 is 2.63 bits per heavy atom. The summed E-state index contributed by atoms with van der Waals surface area (Å²) in [6.07, 6.45) is 0. The molecule has 3 nitrogen and oxygen atoms in total. The summed E-state index contributed by atoms with van der Waals surface area (Å²) in [7, 11) is 0. The number of hydrogen-bond acceptors (Lipinski definition) is 3. The summed E-state index contributed by atoms with van der Waals surface area (Å²) in [4.78, 5) is 12.7. The van der Waals surface area contributed by atoms with Crippen molar-refractivity contribution < 1.29 is 4.79 Å². The van der Waals surface area contributed by atoms with Gasteiger partial charge in [0, 0.05) is 21.3 Å². The number of nitrogens with one attached hydrogen (secondary N) is 1. The van der Waals surface area contributed by atoms with Gasteiger partial charge in [0.25, 0.3) is 0 Å². The van der Waals surface area contributed by atoms with Crippen molar-refractivity contribution in [1.82, 2.24) is 0 Å². The topological polar surface area (TPSA) is 55.1 Å². The summed E-state index contributed by atoms with van der Waals surface area (Å²) in [6.45, 7) is 0. The molecule has 0 aliphatic carbocycles. The van der Waals surface area contributed by atoms with Crippen LogP contribution in [0.1, 0.15) is 0 Å². The molecule has 5 heteroatoms. The Kier molecular flexibility index (Phi) is 4.71. The van der Waals surface area contributed by atoms with Crippen LogP contribution in [0.4, 0.5) is 11.4 Å². The van der Waals surface area contributed by atoms with Gasteiger partial charge in [0.2, 0.25) is 5.91 Å². The van der Waals surface area contributed by atoms with Crippen molar-refractivity contribution >= 4 is 40.6 Å². The van der Waals surface area contributed by atoms with Crippen molar-refractivity contribution in [3.05, 3.63) is 53.6 Å². The molecule has 1 amide bonds. The van der Waals surface area contributed by atoms with E-state index in [9.17, 15) is 4.79 Å². The standard InChI is InChI=1S/C14H13ClN2OS/c15-10-2-1-3-13(8-10)19-9-14(18)17-12-6-4-11(16)5-7-12/h1-8H,9,16H2,(H,17,18). The number of amides is 1. The molecule has 0 aliphatic rings. The lowest BCUT2D eigenvalue weighted by Crippen LogP contribution is -2.13. The summed E-state index contributed by atoms with van der Waals surface area (Å²) >= 11 is 7.32. The first-order valence-electron chi connectivity index (χ1n) is 5.67. The van der Waals surface area contributed by atoms with Crippen LogP contribution in [0, 0.1) is 0 Å². The molecule has 2 aromatic rings. The lowest BCUT2D eigenvalue weighted by atomic mass is 10.3. The molecule has 0 saturated heterocycles. The van der Waals surface area contributed by atoms with Crippen LogP contribution in [0.25, 0.3) is 0 Å². The molecule has 0 radical (unpaired) electrons. The molecular weight excluding hydrogens is 280 g/mol. The molecule has 0 heterocycles. The first-order chi connectivity index (χ1) is 9.13. The van der Waals surface area contributed by atoms with Crippen LogP contribution in [0.3, 0.4) is 0 Å². The number of thioether (sulfide) groups is 1. The van der Waals surface area contributed by atoms with Crippen LogP contribution < -0.4 is 11.1 Å². The number of hydrogen-bond donors (Lipinski definition) is 2. The number of rotatable bonds is 4. The predicted octanol–water partition coefficient (Wildman–Crippen LogP) is 3.65. The minimum absolute atomic E-state index is 0.0604. The molecule has 2 rings (SSSR count). The van der Waals surface area contributed by atoms with E-state index in [1.165, 1.54) is 11.8 Å². The smallest absolute Gasteiger partial charge is 0.234 e. The fourth-order valence-corrected chi connectivity index (χ4v) is 2.48. The van der Waals surface area contributed by atoms with Gasteiger partial charge in [-0.15, -0.1) is 11.8 Å². The molecule has 0 spiro atoms. The Morgan fingerprint density at radius 2 is 1.95 bits per heavy atom. The highest BCUT2D eigenvalue weighted by atomic mass is 35.5. The zero-order chi connectivity index (χ0) is 13.7. The summed E-state index contributed by atoms with van der Waals surface area (Å²) in [6, 6.07) is 14.5. The highest BCUT2D eigenvalue weighted by molar-refractivity contribution is 8.00. The van der Waals surface area contributed by atoms with Crippen molar-refractivity contribution in [2.75, 3.05) is 16.8 Å². The number of nitrogens with two attached hydrogens (primary N) is 1. The summed E-state index contributed by atoms with van der Waals surface area (Å²) in [5.41, 5.74) is 6.99. The first-order valence-corrected chi connectivity index (χ1v) is 7.03. The van der Waals surface area contributed by atoms with Gasteiger partial charge in [-0.3, -0.25) is 4.79 Å². The maximum atomic E-state index is 11.8. The summed E-state index contributed by atoms with van der Waals surface area (Å²) in [5.74, 6) is 0.278. The predicted molar refractivity (Wildman–Crippen MR) is 81.7 cm³/mol. The van der Waals surface area contributed by atoms with Crippen molar-refractivity contribution in [2.45, 2.75) is 4.90 Å². The lowest BCUT2D eigenvalue weighted by molar-refractivity contribution is -0.113. The molecular formula is C14H13ClN2OS. The van der Waals surface area contributed by atoms with Gasteiger partial charge in [-0.25, -0.2) is 0 Å². The SMILES string of the molecule is Nc1ccc(NC(=O)CSc2cccc(Cl)c2)cc1. The van der Waals surface area contributed by atoms with E-state index in [4.69, 9.17) is 17.3 Å². The average molecular weight is 293 g/mol. The van der Waals surface area contributed by atoms with Crippen molar-refractivity contribution in [2.24, 2.45) is 0 Å². The van der Waals surface area contributed by atoms with Crippen molar-refractivity contribution in [3.63, 3.8) is 0 Å². The second-order valence-corrected chi connectivity index (χ2v) is 5.40. The maximum Gasteiger partial charge on any atom is 0.234 e. The summed E-state index contributed by atoms with van der Waals surface area (Å²) < 4.78 is 0. The molecule has 98 valence electrons. The quantitative estimate of drug-likeness (QED) is 0.668. The fourth-order valence-electron chi connectivity index (χ4n) is 1.47. The van der Waals surface area contributed by atoms with Gasteiger partial charge in [-0.1, -0.05) is 17.7 Å². The molecule has 0 bridgehead atoms. The Hall–Kier alpha value is -1.65. The van der Waals surface area contributed by atoms with Crippen LogP contribution in [0.2, 0.25) is 5.02 Å². The minimum atomic E-state index is -0.0604. The number of benzene rings is 2. The Bertz CT molecular complexity index is 572. The molecule has 0 aromatic heterocycles. The highest BCUT2D eigenvalue weighted by Gasteiger charge is 2.04. The molecule has 3 N–H and O–H groups in total. The number of anilines is 2. The Morgan fingerprint density at radius 1 is 1.21 bits per heavy atom. The Balaban J connectivity index is 1.86. The van der Waals surface area contributed by atoms with E-state index < -0.39 is 0 Å². The van der Waals surface area contributed by atoms with Crippen LogP contribution >= 0.6 is 23.4 Å². The molecule has 19 heavy (non-hydrogen) atoms. The summed E-state index contributed by atoms with van der Waals surface area (Å²) in [5, 5.41) is 3.48. The van der Waals surface area contributed by atoms with Crippen molar-refractivity contribution in [1.29, 1.82) is 0 Å². The van der Waals surface area contributed by atoms with Gasteiger partial charge in [0.05, 0.1) is 5.75 Å². The van der Waals surface area contributed by atoms with Crippen LogP contribution in [-0.4, -0.2) is 11.7 Å². The van der Waals surface area contributed by atoms with E-state index in [2.05, 4.69) is 5.32 Å². The average Bonchev–Trinajstić information content (AvgIpc) is 2.39. The molecule has 0 aliphatic heterocycles. The number of carbonyl (C=O) groups excluding carboxylic acids is 1. The minimum Gasteiger partial charge on any atom is -0.399 e. The van der Waals surface area contributed by atoms with Crippen LogP contribution in [0.15, 0.2) is 53.4 Å². The monoisotopic (exact) mass is 292 g/mol. The second kappa shape index (κ2) is 6.50. The maximum absolute atomic E-state index is 11.8. The molecule has 0 atom stereocenters. The highest BCUT2D eigenvalue weighted by Crippen LogP contribution is 2.21. The normalized spacial score (nSPS) is 10.2. The van der Waals surface area contributed by atoms with Gasteiger partial charge < -0.3 is 11.1 Å². The van der Waals surface area contributed by atoms with Crippen LogP contribution in [-0.2, 0) is 4.79 Å². The molecule has 0 fully saturated rings.